The Hall–Kier alpha value is -2.34. The Kier molecular flexibility index (Phi) is 9.71. The van der Waals surface area contributed by atoms with Crippen LogP contribution in [0.2, 0.25) is 0 Å². The lowest BCUT2D eigenvalue weighted by Gasteiger charge is -2.21. The Morgan fingerprint density at radius 2 is 2.00 bits per heavy atom. The van der Waals surface area contributed by atoms with Crippen molar-refractivity contribution in [2.75, 3.05) is 19.7 Å². The number of hydrogen-bond acceptors (Lipinski definition) is 3. The second-order valence-corrected chi connectivity index (χ2v) is 7.57. The number of aryl methyl sites for hydroxylation is 1. The van der Waals surface area contributed by atoms with Crippen molar-refractivity contribution in [3.05, 3.63) is 53.6 Å². The van der Waals surface area contributed by atoms with Gasteiger partial charge in [-0.1, -0.05) is 38.1 Å². The fourth-order valence-corrected chi connectivity index (χ4v) is 3.26. The number of nitrogens with one attached hydrogen (secondary N) is 2. The van der Waals surface area contributed by atoms with Crippen LogP contribution in [-0.4, -0.2) is 41.3 Å². The van der Waals surface area contributed by atoms with Gasteiger partial charge in [-0.05, 0) is 44.2 Å². The van der Waals surface area contributed by atoms with Gasteiger partial charge >= 0.3 is 0 Å². The lowest BCUT2D eigenvalue weighted by atomic mass is 10.0. The van der Waals surface area contributed by atoms with Crippen LogP contribution in [0.3, 0.4) is 0 Å². The summed E-state index contributed by atoms with van der Waals surface area (Å²) in [5, 5.41) is 6.77. The lowest BCUT2D eigenvalue weighted by molar-refractivity contribution is 0.0258. The Morgan fingerprint density at radius 1 is 1.21 bits per heavy atom. The lowest BCUT2D eigenvalue weighted by Crippen LogP contribution is -2.39. The molecule has 29 heavy (non-hydrogen) atoms. The highest BCUT2D eigenvalue weighted by atomic mass is 16.5. The van der Waals surface area contributed by atoms with Gasteiger partial charge in [0, 0.05) is 38.6 Å². The Morgan fingerprint density at radius 3 is 2.66 bits per heavy atom. The molecule has 0 aliphatic rings. The number of nitrogens with zero attached hydrogens (tertiary/aromatic N) is 3. The first-order valence-corrected chi connectivity index (χ1v) is 10.7. The molecule has 0 saturated heterocycles. The molecule has 6 heteroatoms. The second kappa shape index (κ2) is 12.3. The van der Waals surface area contributed by atoms with Gasteiger partial charge in [0.05, 0.1) is 12.6 Å². The molecular weight excluding hydrogens is 362 g/mol. The largest absolute Gasteiger partial charge is 0.378 e. The average Bonchev–Trinajstić information content (AvgIpc) is 3.10. The van der Waals surface area contributed by atoms with E-state index < -0.39 is 0 Å². The van der Waals surface area contributed by atoms with Crippen LogP contribution < -0.4 is 10.6 Å². The molecule has 1 aromatic heterocycles. The molecule has 6 nitrogen and oxygen atoms in total. The van der Waals surface area contributed by atoms with Gasteiger partial charge < -0.3 is 19.9 Å². The molecule has 160 valence electrons. The number of benzene rings is 1. The number of aliphatic imine (C=N–C) groups is 1. The molecule has 1 atom stereocenters. The molecule has 0 fully saturated rings. The number of hydrogen-bond donors (Lipinski definition) is 2. The maximum absolute atomic E-state index is 5.83. The predicted molar refractivity (Wildman–Crippen MR) is 120 cm³/mol. The maximum atomic E-state index is 5.83. The fourth-order valence-electron chi connectivity index (χ4n) is 3.26. The molecular formula is C23H37N5O. The Bertz CT molecular complexity index is 753. The summed E-state index contributed by atoms with van der Waals surface area (Å²) >= 11 is 0. The van der Waals surface area contributed by atoms with Crippen LogP contribution in [0.25, 0.3) is 0 Å². The molecule has 0 aliphatic heterocycles. The van der Waals surface area contributed by atoms with E-state index in [1.807, 2.05) is 19.3 Å². The number of aromatic nitrogens is 2. The summed E-state index contributed by atoms with van der Waals surface area (Å²) in [6, 6.07) is 8.59. The molecule has 0 spiro atoms. The number of ether oxygens (including phenoxy) is 1. The summed E-state index contributed by atoms with van der Waals surface area (Å²) < 4.78 is 7.98. The van der Waals surface area contributed by atoms with E-state index in [0.717, 1.165) is 44.4 Å². The van der Waals surface area contributed by atoms with Crippen molar-refractivity contribution in [1.82, 2.24) is 20.2 Å². The quantitative estimate of drug-likeness (QED) is 0.446. The van der Waals surface area contributed by atoms with Crippen LogP contribution in [0, 0.1) is 12.8 Å². The standard InChI is InChI=1S/C23H37N5O/c1-6-24-23(26-12-11-22(18(3)4)29-7-2)27-16-20-9-8-10-21(15-20)17-28-14-13-25-19(28)5/h8-10,13-15,18,22H,6-7,11-12,16-17H2,1-5H3,(H2,24,26,27). The van der Waals surface area contributed by atoms with E-state index in [9.17, 15) is 0 Å². The minimum Gasteiger partial charge on any atom is -0.378 e. The van der Waals surface area contributed by atoms with Crippen LogP contribution in [0.4, 0.5) is 0 Å². The molecule has 0 bridgehead atoms. The molecule has 0 saturated carbocycles. The van der Waals surface area contributed by atoms with Gasteiger partial charge in [-0.15, -0.1) is 0 Å². The average molecular weight is 400 g/mol. The molecule has 2 aromatic rings. The zero-order valence-corrected chi connectivity index (χ0v) is 18.6. The van der Waals surface area contributed by atoms with E-state index in [-0.39, 0.29) is 6.10 Å². The topological polar surface area (TPSA) is 63.5 Å². The summed E-state index contributed by atoms with van der Waals surface area (Å²) in [4.78, 5) is 9.06. The third-order valence-electron chi connectivity index (χ3n) is 4.88. The summed E-state index contributed by atoms with van der Waals surface area (Å²) in [6.07, 6.45) is 5.10. The minimum absolute atomic E-state index is 0.277. The zero-order chi connectivity index (χ0) is 21.1. The first kappa shape index (κ1) is 22.9. The zero-order valence-electron chi connectivity index (χ0n) is 18.6. The van der Waals surface area contributed by atoms with Crippen molar-refractivity contribution in [2.24, 2.45) is 10.9 Å². The van der Waals surface area contributed by atoms with Gasteiger partial charge in [0.15, 0.2) is 5.96 Å². The highest BCUT2D eigenvalue weighted by Gasteiger charge is 2.13. The van der Waals surface area contributed by atoms with Crippen LogP contribution >= 0.6 is 0 Å². The predicted octanol–water partition coefficient (Wildman–Crippen LogP) is 3.75. The monoisotopic (exact) mass is 399 g/mol. The third kappa shape index (κ3) is 7.89. The highest BCUT2D eigenvalue weighted by Crippen LogP contribution is 2.11. The molecule has 0 amide bonds. The van der Waals surface area contributed by atoms with Gasteiger partial charge in [-0.3, -0.25) is 0 Å². The molecule has 2 rings (SSSR count). The van der Waals surface area contributed by atoms with Gasteiger partial charge in [0.25, 0.3) is 0 Å². The Balaban J connectivity index is 1.93. The molecule has 1 unspecified atom stereocenters. The van der Waals surface area contributed by atoms with Crippen LogP contribution in [-0.2, 0) is 17.8 Å². The van der Waals surface area contributed by atoms with E-state index in [2.05, 4.69) is 72.1 Å². The van der Waals surface area contributed by atoms with Gasteiger partial charge in [-0.2, -0.15) is 0 Å². The second-order valence-electron chi connectivity index (χ2n) is 7.57. The summed E-state index contributed by atoms with van der Waals surface area (Å²) in [5.74, 6) is 2.39. The minimum atomic E-state index is 0.277. The summed E-state index contributed by atoms with van der Waals surface area (Å²) in [7, 11) is 0. The molecule has 1 heterocycles. The molecule has 1 aromatic carbocycles. The number of imidazole rings is 1. The summed E-state index contributed by atoms with van der Waals surface area (Å²) in [5.41, 5.74) is 2.46. The first-order chi connectivity index (χ1) is 14.0. The summed E-state index contributed by atoms with van der Waals surface area (Å²) in [6.45, 7) is 14.5. The third-order valence-corrected chi connectivity index (χ3v) is 4.88. The van der Waals surface area contributed by atoms with Crippen molar-refractivity contribution in [1.29, 1.82) is 0 Å². The van der Waals surface area contributed by atoms with Gasteiger partial charge in [-0.25, -0.2) is 9.98 Å². The fraction of sp³-hybridized carbons (Fsp3) is 0.565. The smallest absolute Gasteiger partial charge is 0.191 e. The van der Waals surface area contributed by atoms with E-state index in [1.54, 1.807) is 0 Å². The van der Waals surface area contributed by atoms with Crippen molar-refractivity contribution in [2.45, 2.75) is 60.2 Å². The van der Waals surface area contributed by atoms with Crippen LogP contribution in [0.1, 0.15) is 51.1 Å². The molecule has 2 N–H and O–H groups in total. The van der Waals surface area contributed by atoms with Crippen molar-refractivity contribution < 1.29 is 4.74 Å². The maximum Gasteiger partial charge on any atom is 0.191 e. The number of rotatable bonds is 11. The van der Waals surface area contributed by atoms with E-state index in [1.165, 1.54) is 11.1 Å². The van der Waals surface area contributed by atoms with E-state index in [0.29, 0.717) is 12.5 Å². The van der Waals surface area contributed by atoms with Crippen LogP contribution in [0.5, 0.6) is 0 Å². The normalized spacial score (nSPS) is 13.0. The van der Waals surface area contributed by atoms with Crippen molar-refractivity contribution in [3.8, 4) is 0 Å². The van der Waals surface area contributed by atoms with E-state index >= 15 is 0 Å². The van der Waals surface area contributed by atoms with Gasteiger partial charge in [0.1, 0.15) is 5.82 Å². The Labute approximate surface area is 175 Å². The van der Waals surface area contributed by atoms with E-state index in [4.69, 9.17) is 9.73 Å². The van der Waals surface area contributed by atoms with Crippen LogP contribution in [0.15, 0.2) is 41.7 Å². The van der Waals surface area contributed by atoms with Crippen molar-refractivity contribution >= 4 is 5.96 Å². The first-order valence-electron chi connectivity index (χ1n) is 10.7. The van der Waals surface area contributed by atoms with Crippen molar-refractivity contribution in [3.63, 3.8) is 0 Å². The molecule has 0 aliphatic carbocycles. The molecule has 0 radical (unpaired) electrons. The van der Waals surface area contributed by atoms with Gasteiger partial charge in [0.2, 0.25) is 0 Å². The highest BCUT2D eigenvalue weighted by molar-refractivity contribution is 5.79. The number of guanidine groups is 1. The SMILES string of the molecule is CCNC(=NCc1cccc(Cn2ccnc2C)c1)NCCC(OCC)C(C)C.